The van der Waals surface area contributed by atoms with Crippen LogP contribution in [0.4, 0.5) is 20.5 Å². The van der Waals surface area contributed by atoms with E-state index in [0.717, 1.165) is 16.3 Å². The van der Waals surface area contributed by atoms with Crippen LogP contribution in [0, 0.1) is 11.6 Å². The van der Waals surface area contributed by atoms with Crippen LogP contribution in [0.1, 0.15) is 5.56 Å². The van der Waals surface area contributed by atoms with Crippen LogP contribution in [0.25, 0.3) is 10.2 Å². The molecule has 0 bridgehead atoms. The normalized spacial score (nSPS) is 10.8. The summed E-state index contributed by atoms with van der Waals surface area (Å²) in [5.41, 5.74) is 2.73. The number of thiophene rings is 1. The number of nitrogen functional groups attached to an aromatic ring is 1. The summed E-state index contributed by atoms with van der Waals surface area (Å²) >= 11 is 1.45. The van der Waals surface area contributed by atoms with E-state index in [1.807, 2.05) is 11.4 Å². The zero-order valence-electron chi connectivity index (χ0n) is 10.7. The van der Waals surface area contributed by atoms with Crippen LogP contribution in [-0.4, -0.2) is 9.97 Å². The van der Waals surface area contributed by atoms with E-state index in [-0.39, 0.29) is 12.5 Å². The maximum atomic E-state index is 13.6. The van der Waals surface area contributed by atoms with Crippen molar-refractivity contribution in [3.63, 3.8) is 0 Å². The zero-order chi connectivity index (χ0) is 14.8. The van der Waals surface area contributed by atoms with Crippen LogP contribution >= 0.6 is 11.3 Å². The molecule has 3 aromatic rings. The summed E-state index contributed by atoms with van der Waals surface area (Å²) in [6.45, 7) is 0.179. The van der Waals surface area contributed by atoms with Crippen LogP contribution in [0.5, 0.6) is 0 Å². The Kier molecular flexibility index (Phi) is 3.63. The molecule has 4 N–H and O–H groups in total. The van der Waals surface area contributed by atoms with Crippen LogP contribution in [-0.2, 0) is 6.54 Å². The molecule has 0 fully saturated rings. The molecule has 3 rings (SSSR count). The molecule has 2 aromatic heterocycles. The Balaban J connectivity index is 1.89. The average Bonchev–Trinajstić information content (AvgIpc) is 2.94. The van der Waals surface area contributed by atoms with Gasteiger partial charge in [0, 0.05) is 18.2 Å². The SMILES string of the molecule is NNc1nc(NCc2ccc(F)cc2F)c2ccsc2n1. The van der Waals surface area contributed by atoms with Gasteiger partial charge in [0.05, 0.1) is 5.39 Å². The number of halogens is 2. The maximum Gasteiger partial charge on any atom is 0.240 e. The summed E-state index contributed by atoms with van der Waals surface area (Å²) in [5, 5.41) is 5.72. The second-order valence-corrected chi connectivity index (χ2v) is 5.16. The number of hydrogen-bond acceptors (Lipinski definition) is 6. The molecule has 21 heavy (non-hydrogen) atoms. The molecule has 0 aliphatic carbocycles. The van der Waals surface area contributed by atoms with Crippen molar-refractivity contribution in [3.05, 3.63) is 46.8 Å². The quantitative estimate of drug-likeness (QED) is 0.510. The Morgan fingerprint density at radius 2 is 2.05 bits per heavy atom. The van der Waals surface area contributed by atoms with Crippen molar-refractivity contribution in [3.8, 4) is 0 Å². The number of nitrogens with zero attached hydrogens (tertiary/aromatic N) is 2. The fraction of sp³-hybridized carbons (Fsp3) is 0.0769. The molecule has 0 saturated carbocycles. The van der Waals surface area contributed by atoms with E-state index < -0.39 is 11.6 Å². The van der Waals surface area contributed by atoms with Crippen LogP contribution in [0.15, 0.2) is 29.6 Å². The fourth-order valence-corrected chi connectivity index (χ4v) is 2.66. The smallest absolute Gasteiger partial charge is 0.240 e. The predicted molar refractivity (Wildman–Crippen MR) is 78.9 cm³/mol. The third kappa shape index (κ3) is 2.76. The molecule has 0 aliphatic rings. The van der Waals surface area contributed by atoms with Gasteiger partial charge < -0.3 is 5.32 Å². The van der Waals surface area contributed by atoms with E-state index in [4.69, 9.17) is 5.84 Å². The molecule has 0 radical (unpaired) electrons. The molecule has 0 aliphatic heterocycles. The summed E-state index contributed by atoms with van der Waals surface area (Å²) < 4.78 is 26.5. The third-order valence-electron chi connectivity index (χ3n) is 2.92. The van der Waals surface area contributed by atoms with Crippen molar-refractivity contribution < 1.29 is 8.78 Å². The number of hydrazine groups is 1. The van der Waals surface area contributed by atoms with Crippen molar-refractivity contribution >= 4 is 33.3 Å². The first kappa shape index (κ1) is 13.7. The van der Waals surface area contributed by atoms with Gasteiger partial charge in [-0.1, -0.05) is 6.07 Å². The number of nitrogens with two attached hydrogens (primary N) is 1. The molecule has 0 spiro atoms. The zero-order valence-corrected chi connectivity index (χ0v) is 11.5. The largest absolute Gasteiger partial charge is 0.365 e. The van der Waals surface area contributed by atoms with Gasteiger partial charge in [0.2, 0.25) is 5.95 Å². The summed E-state index contributed by atoms with van der Waals surface area (Å²) in [7, 11) is 0. The topological polar surface area (TPSA) is 75.9 Å². The van der Waals surface area contributed by atoms with Gasteiger partial charge in [-0.15, -0.1) is 11.3 Å². The minimum Gasteiger partial charge on any atom is -0.365 e. The Morgan fingerprint density at radius 1 is 1.19 bits per heavy atom. The average molecular weight is 307 g/mol. The van der Waals surface area contributed by atoms with Gasteiger partial charge in [-0.25, -0.2) is 19.6 Å². The Labute approximate surface area is 122 Å². The predicted octanol–water partition coefficient (Wildman–Crippen LogP) is 2.87. The Bertz CT molecular complexity index is 789. The lowest BCUT2D eigenvalue weighted by atomic mass is 10.2. The molecular formula is C13H11F2N5S. The van der Waals surface area contributed by atoms with Gasteiger partial charge in [-0.3, -0.25) is 5.43 Å². The summed E-state index contributed by atoms with van der Waals surface area (Å²) in [5.74, 6) is 4.93. The van der Waals surface area contributed by atoms with Crippen LogP contribution in [0.2, 0.25) is 0 Å². The fourth-order valence-electron chi connectivity index (χ4n) is 1.90. The van der Waals surface area contributed by atoms with Gasteiger partial charge >= 0.3 is 0 Å². The molecule has 108 valence electrons. The van der Waals surface area contributed by atoms with Crippen molar-refractivity contribution in [2.75, 3.05) is 10.7 Å². The van der Waals surface area contributed by atoms with Crippen molar-refractivity contribution in [1.29, 1.82) is 0 Å². The molecule has 0 unspecified atom stereocenters. The molecule has 0 atom stereocenters. The minimum atomic E-state index is -0.604. The Hall–Kier alpha value is -2.32. The number of hydrogen-bond donors (Lipinski definition) is 3. The number of fused-ring (bicyclic) bond motifs is 1. The van der Waals surface area contributed by atoms with Crippen molar-refractivity contribution in [2.24, 2.45) is 5.84 Å². The lowest BCUT2D eigenvalue weighted by Crippen LogP contribution is -2.12. The highest BCUT2D eigenvalue weighted by atomic mass is 32.1. The number of aromatic nitrogens is 2. The van der Waals surface area contributed by atoms with E-state index in [9.17, 15) is 8.78 Å². The second kappa shape index (κ2) is 5.58. The van der Waals surface area contributed by atoms with E-state index in [1.165, 1.54) is 23.5 Å². The van der Waals surface area contributed by atoms with E-state index in [1.54, 1.807) is 0 Å². The molecule has 0 amide bonds. The number of nitrogens with one attached hydrogen (secondary N) is 2. The van der Waals surface area contributed by atoms with Crippen molar-refractivity contribution in [1.82, 2.24) is 9.97 Å². The number of benzene rings is 1. The molecule has 2 heterocycles. The second-order valence-electron chi connectivity index (χ2n) is 4.27. The van der Waals surface area contributed by atoms with Gasteiger partial charge in [0.1, 0.15) is 22.3 Å². The number of anilines is 2. The van der Waals surface area contributed by atoms with Crippen LogP contribution < -0.4 is 16.6 Å². The molecular weight excluding hydrogens is 296 g/mol. The summed E-state index contributed by atoms with van der Waals surface area (Å²) in [6.07, 6.45) is 0. The molecule has 8 heteroatoms. The highest BCUT2D eigenvalue weighted by molar-refractivity contribution is 7.16. The summed E-state index contributed by atoms with van der Waals surface area (Å²) in [6, 6.07) is 5.33. The Morgan fingerprint density at radius 3 is 2.81 bits per heavy atom. The van der Waals surface area contributed by atoms with Gasteiger partial charge in [0.25, 0.3) is 0 Å². The van der Waals surface area contributed by atoms with Gasteiger partial charge in [0.15, 0.2) is 0 Å². The van der Waals surface area contributed by atoms with Crippen LogP contribution in [0.3, 0.4) is 0 Å². The first-order valence-electron chi connectivity index (χ1n) is 6.07. The lowest BCUT2D eigenvalue weighted by Gasteiger charge is -2.09. The third-order valence-corrected chi connectivity index (χ3v) is 3.72. The van der Waals surface area contributed by atoms with E-state index in [2.05, 4.69) is 20.7 Å². The monoisotopic (exact) mass is 307 g/mol. The standard InChI is InChI=1S/C13H11F2N5S/c14-8-2-1-7(10(15)5-8)6-17-11-9-3-4-21-12(9)19-13(18-11)20-16/h1-5H,6,16H2,(H2,17,18,19,20). The van der Waals surface area contributed by atoms with E-state index in [0.29, 0.717) is 11.4 Å². The van der Waals surface area contributed by atoms with Crippen molar-refractivity contribution in [2.45, 2.75) is 6.54 Å². The number of rotatable bonds is 4. The highest BCUT2D eigenvalue weighted by Crippen LogP contribution is 2.26. The first-order chi connectivity index (χ1) is 10.2. The minimum absolute atomic E-state index is 0.179. The molecule has 1 aromatic carbocycles. The molecule has 5 nitrogen and oxygen atoms in total. The summed E-state index contributed by atoms with van der Waals surface area (Å²) in [4.78, 5) is 9.18. The van der Waals surface area contributed by atoms with Gasteiger partial charge in [-0.2, -0.15) is 4.98 Å². The first-order valence-corrected chi connectivity index (χ1v) is 6.95. The molecule has 0 saturated heterocycles. The lowest BCUT2D eigenvalue weighted by molar-refractivity contribution is 0.574. The van der Waals surface area contributed by atoms with E-state index >= 15 is 0 Å². The maximum absolute atomic E-state index is 13.6. The van der Waals surface area contributed by atoms with Gasteiger partial charge in [-0.05, 0) is 17.5 Å². The highest BCUT2D eigenvalue weighted by Gasteiger charge is 2.09.